The molecule has 0 spiro atoms. The minimum Gasteiger partial charge on any atom is -0.357 e. The number of rotatable bonds is 7. The van der Waals surface area contributed by atoms with Gasteiger partial charge in [0.2, 0.25) is 0 Å². The Morgan fingerprint density at radius 3 is 2.59 bits per heavy atom. The Morgan fingerprint density at radius 2 is 1.89 bits per heavy atom. The Balaban J connectivity index is 2.01. The first-order chi connectivity index (χ1) is 13.0. The fraction of sp³-hybridized carbons (Fsp3) is 0.333. The molecule has 0 aliphatic rings. The number of benzene rings is 2. The zero-order chi connectivity index (χ0) is 19.6. The largest absolute Gasteiger partial charge is 0.357 e. The van der Waals surface area contributed by atoms with Gasteiger partial charge in [0.05, 0.1) is 0 Å². The van der Waals surface area contributed by atoms with E-state index < -0.39 is 0 Å². The Hall–Kier alpha value is -2.89. The van der Waals surface area contributed by atoms with Crippen LogP contribution in [-0.4, -0.2) is 44.0 Å². The van der Waals surface area contributed by atoms with E-state index in [-0.39, 0.29) is 11.7 Å². The van der Waals surface area contributed by atoms with E-state index in [1.165, 1.54) is 12.1 Å². The number of halogens is 1. The molecule has 0 saturated heterocycles. The highest BCUT2D eigenvalue weighted by atomic mass is 19.1. The van der Waals surface area contributed by atoms with Crippen molar-refractivity contribution in [3.05, 3.63) is 71.0 Å². The van der Waals surface area contributed by atoms with E-state index in [0.717, 1.165) is 30.1 Å². The summed E-state index contributed by atoms with van der Waals surface area (Å²) in [4.78, 5) is 18.4. The molecule has 0 fully saturated rings. The molecule has 0 atom stereocenters. The molecule has 144 valence electrons. The summed E-state index contributed by atoms with van der Waals surface area (Å²) in [6, 6.07) is 14.1. The third kappa shape index (κ3) is 6.40. The van der Waals surface area contributed by atoms with Gasteiger partial charge in [-0.05, 0) is 48.7 Å². The summed E-state index contributed by atoms with van der Waals surface area (Å²) < 4.78 is 13.4. The summed E-state index contributed by atoms with van der Waals surface area (Å²) in [5.41, 5.74) is 2.60. The maximum atomic E-state index is 13.4. The number of guanidine groups is 1. The second-order valence-corrected chi connectivity index (χ2v) is 6.25. The van der Waals surface area contributed by atoms with E-state index in [1.54, 1.807) is 19.2 Å². The van der Waals surface area contributed by atoms with Crippen molar-refractivity contribution in [1.82, 2.24) is 15.5 Å². The highest BCUT2D eigenvalue weighted by molar-refractivity contribution is 5.94. The van der Waals surface area contributed by atoms with Gasteiger partial charge in [-0.3, -0.25) is 9.79 Å². The number of hydrogen-bond donors (Lipinski definition) is 2. The van der Waals surface area contributed by atoms with Crippen LogP contribution in [-0.2, 0) is 13.0 Å². The molecule has 0 radical (unpaired) electrons. The summed E-state index contributed by atoms with van der Waals surface area (Å²) in [5, 5.41) is 5.89. The lowest BCUT2D eigenvalue weighted by molar-refractivity contribution is 0.0963. The maximum Gasteiger partial charge on any atom is 0.251 e. The standard InChI is InChI=1S/C21H27FN4O/c1-4-24-21(26(3)15-17-8-6-10-19(22)14-17)25-12-11-16-7-5-9-18(13-16)20(27)23-2/h5-10,13-14H,4,11-12,15H2,1-3H3,(H,23,27)(H,24,25). The first-order valence-electron chi connectivity index (χ1n) is 9.08. The van der Waals surface area contributed by atoms with E-state index in [4.69, 9.17) is 0 Å². The predicted octanol–water partition coefficient (Wildman–Crippen LogP) is 2.83. The molecule has 0 unspecified atom stereocenters. The Bertz CT molecular complexity index is 791. The zero-order valence-electron chi connectivity index (χ0n) is 16.1. The smallest absolute Gasteiger partial charge is 0.251 e. The SMILES string of the molecule is CCNC(=NCCc1cccc(C(=O)NC)c1)N(C)Cc1cccc(F)c1. The van der Waals surface area contributed by atoms with Crippen LogP contribution in [0.2, 0.25) is 0 Å². The lowest BCUT2D eigenvalue weighted by Crippen LogP contribution is -2.38. The van der Waals surface area contributed by atoms with Gasteiger partial charge in [-0.15, -0.1) is 0 Å². The average molecular weight is 370 g/mol. The lowest BCUT2D eigenvalue weighted by atomic mass is 10.1. The Morgan fingerprint density at radius 1 is 1.15 bits per heavy atom. The normalized spacial score (nSPS) is 11.2. The number of carbonyl (C=O) groups excluding carboxylic acids is 1. The van der Waals surface area contributed by atoms with Gasteiger partial charge in [0.25, 0.3) is 5.91 Å². The predicted molar refractivity (Wildman–Crippen MR) is 107 cm³/mol. The number of nitrogens with zero attached hydrogens (tertiary/aromatic N) is 2. The van der Waals surface area contributed by atoms with Crippen LogP contribution in [0.4, 0.5) is 4.39 Å². The van der Waals surface area contributed by atoms with Crippen molar-refractivity contribution in [2.75, 3.05) is 27.2 Å². The van der Waals surface area contributed by atoms with Crippen molar-refractivity contribution in [2.24, 2.45) is 4.99 Å². The monoisotopic (exact) mass is 370 g/mol. The minimum atomic E-state index is -0.237. The first-order valence-corrected chi connectivity index (χ1v) is 9.08. The number of aliphatic imine (C=N–C) groups is 1. The minimum absolute atomic E-state index is 0.0940. The summed E-state index contributed by atoms with van der Waals surface area (Å²) in [7, 11) is 3.55. The molecule has 0 heterocycles. The number of nitrogens with one attached hydrogen (secondary N) is 2. The third-order valence-corrected chi connectivity index (χ3v) is 4.08. The fourth-order valence-electron chi connectivity index (χ4n) is 2.76. The van der Waals surface area contributed by atoms with Crippen molar-refractivity contribution in [2.45, 2.75) is 19.9 Å². The molecular formula is C21H27FN4O. The highest BCUT2D eigenvalue weighted by Gasteiger charge is 2.08. The summed E-state index contributed by atoms with van der Waals surface area (Å²) in [5.74, 6) is 0.437. The summed E-state index contributed by atoms with van der Waals surface area (Å²) in [6.07, 6.45) is 0.730. The van der Waals surface area contributed by atoms with E-state index in [9.17, 15) is 9.18 Å². The van der Waals surface area contributed by atoms with Gasteiger partial charge < -0.3 is 15.5 Å². The van der Waals surface area contributed by atoms with Gasteiger partial charge in [-0.1, -0.05) is 24.3 Å². The van der Waals surface area contributed by atoms with E-state index >= 15 is 0 Å². The van der Waals surface area contributed by atoms with E-state index in [2.05, 4.69) is 15.6 Å². The second kappa shape index (κ2) is 10.3. The zero-order valence-corrected chi connectivity index (χ0v) is 16.1. The van der Waals surface area contributed by atoms with E-state index in [0.29, 0.717) is 18.7 Å². The molecule has 27 heavy (non-hydrogen) atoms. The summed E-state index contributed by atoms with van der Waals surface area (Å²) in [6.45, 7) is 3.92. The maximum absolute atomic E-state index is 13.4. The molecule has 0 aliphatic carbocycles. The molecule has 0 aromatic heterocycles. The Kier molecular flexibility index (Phi) is 7.79. The van der Waals surface area contributed by atoms with Crippen LogP contribution < -0.4 is 10.6 Å². The van der Waals surface area contributed by atoms with Gasteiger partial charge in [0, 0.05) is 39.3 Å². The quantitative estimate of drug-likeness (QED) is 0.582. The van der Waals surface area contributed by atoms with Crippen molar-refractivity contribution >= 4 is 11.9 Å². The van der Waals surface area contributed by atoms with Crippen LogP contribution >= 0.6 is 0 Å². The fourth-order valence-corrected chi connectivity index (χ4v) is 2.76. The molecule has 5 nitrogen and oxygen atoms in total. The Labute approximate surface area is 160 Å². The van der Waals surface area contributed by atoms with Gasteiger partial charge in [-0.25, -0.2) is 4.39 Å². The van der Waals surface area contributed by atoms with E-state index in [1.807, 2.05) is 43.1 Å². The van der Waals surface area contributed by atoms with Crippen LogP contribution in [0.3, 0.4) is 0 Å². The molecule has 1 amide bonds. The van der Waals surface area contributed by atoms with Crippen LogP contribution in [0.25, 0.3) is 0 Å². The topological polar surface area (TPSA) is 56.7 Å². The van der Waals surface area contributed by atoms with Crippen LogP contribution in [0, 0.1) is 5.82 Å². The summed E-state index contributed by atoms with van der Waals surface area (Å²) >= 11 is 0. The molecule has 0 saturated carbocycles. The van der Waals surface area contributed by atoms with Gasteiger partial charge in [0.15, 0.2) is 5.96 Å². The second-order valence-electron chi connectivity index (χ2n) is 6.25. The van der Waals surface area contributed by atoms with Crippen molar-refractivity contribution in [3.8, 4) is 0 Å². The third-order valence-electron chi connectivity index (χ3n) is 4.08. The molecule has 2 rings (SSSR count). The lowest BCUT2D eigenvalue weighted by Gasteiger charge is -2.22. The molecular weight excluding hydrogens is 343 g/mol. The molecule has 2 aromatic carbocycles. The van der Waals surface area contributed by atoms with Gasteiger partial charge in [-0.2, -0.15) is 0 Å². The molecule has 2 N–H and O–H groups in total. The molecule has 2 aromatic rings. The number of amides is 1. The van der Waals surface area contributed by atoms with Crippen LogP contribution in [0.15, 0.2) is 53.5 Å². The number of carbonyl (C=O) groups is 1. The average Bonchev–Trinajstić information content (AvgIpc) is 2.67. The highest BCUT2D eigenvalue weighted by Crippen LogP contribution is 2.08. The van der Waals surface area contributed by atoms with Gasteiger partial charge in [0.1, 0.15) is 5.82 Å². The molecule has 6 heteroatoms. The molecule has 0 bridgehead atoms. The van der Waals surface area contributed by atoms with Gasteiger partial charge >= 0.3 is 0 Å². The van der Waals surface area contributed by atoms with Crippen LogP contribution in [0.1, 0.15) is 28.4 Å². The molecule has 0 aliphatic heterocycles. The number of hydrogen-bond acceptors (Lipinski definition) is 2. The van der Waals surface area contributed by atoms with Crippen molar-refractivity contribution in [1.29, 1.82) is 0 Å². The van der Waals surface area contributed by atoms with Crippen molar-refractivity contribution in [3.63, 3.8) is 0 Å². The van der Waals surface area contributed by atoms with Crippen molar-refractivity contribution < 1.29 is 9.18 Å². The first kappa shape index (κ1) is 20.4. The van der Waals surface area contributed by atoms with Crippen LogP contribution in [0.5, 0.6) is 0 Å².